The van der Waals surface area contributed by atoms with E-state index >= 15 is 0 Å². The number of fused-ring (bicyclic) bond motifs is 1. The monoisotopic (exact) mass is 424 g/mol. The highest BCUT2D eigenvalue weighted by molar-refractivity contribution is 5.95. The summed E-state index contributed by atoms with van der Waals surface area (Å²) in [6, 6.07) is 26.1. The average Bonchev–Trinajstić information content (AvgIpc) is 3.16. The van der Waals surface area contributed by atoms with Crippen molar-refractivity contribution in [3.05, 3.63) is 114 Å². The van der Waals surface area contributed by atoms with Gasteiger partial charge in [0, 0.05) is 6.54 Å². The Labute approximate surface area is 183 Å². The predicted octanol–water partition coefficient (Wildman–Crippen LogP) is 6.51. The van der Waals surface area contributed by atoms with Crippen LogP contribution in [0.25, 0.3) is 33.3 Å². The van der Waals surface area contributed by atoms with Crippen LogP contribution in [0.15, 0.2) is 91.0 Å². The molecule has 0 fully saturated rings. The first-order valence-corrected chi connectivity index (χ1v) is 10.2. The summed E-state index contributed by atoms with van der Waals surface area (Å²) in [5.41, 5.74) is 5.78. The molecule has 0 radical (unpaired) electrons. The summed E-state index contributed by atoms with van der Waals surface area (Å²) in [4.78, 5) is 16.3. The Morgan fingerprint density at radius 3 is 1.88 bits per heavy atom. The number of halogens is 2. The quantitative estimate of drug-likeness (QED) is 0.302. The topological polar surface area (TPSA) is 34.9 Å². The fourth-order valence-electron chi connectivity index (χ4n) is 3.95. The van der Waals surface area contributed by atoms with Crippen LogP contribution in [0.3, 0.4) is 0 Å². The van der Waals surface area contributed by atoms with Gasteiger partial charge in [0.05, 0.1) is 11.0 Å². The summed E-state index contributed by atoms with van der Waals surface area (Å²) in [6.45, 7) is 0.490. The molecule has 5 heteroatoms. The highest BCUT2D eigenvalue weighted by Crippen LogP contribution is 2.36. The first-order valence-electron chi connectivity index (χ1n) is 10.2. The van der Waals surface area contributed by atoms with Gasteiger partial charge < -0.3 is 4.57 Å². The van der Waals surface area contributed by atoms with Crippen LogP contribution in [-0.4, -0.2) is 15.8 Å². The molecule has 0 unspecified atom stereocenters. The second-order valence-corrected chi connectivity index (χ2v) is 7.56. The van der Waals surface area contributed by atoms with Crippen LogP contribution >= 0.6 is 0 Å². The zero-order chi connectivity index (χ0) is 22.1. The molecule has 0 spiro atoms. The summed E-state index contributed by atoms with van der Waals surface area (Å²) < 4.78 is 29.0. The molecule has 5 aromatic rings. The molecule has 0 aliphatic heterocycles. The minimum absolute atomic E-state index is 0.324. The first kappa shape index (κ1) is 19.8. The molecule has 0 aliphatic carbocycles. The van der Waals surface area contributed by atoms with Gasteiger partial charge in [-0.25, -0.2) is 13.8 Å². The third-order valence-corrected chi connectivity index (χ3v) is 5.52. The highest BCUT2D eigenvalue weighted by Gasteiger charge is 2.16. The van der Waals surface area contributed by atoms with Gasteiger partial charge in [0.15, 0.2) is 12.1 Å². The molecule has 0 aliphatic rings. The van der Waals surface area contributed by atoms with Crippen molar-refractivity contribution < 1.29 is 13.6 Å². The molecule has 1 aromatic heterocycles. The van der Waals surface area contributed by atoms with E-state index in [-0.39, 0.29) is 11.6 Å². The van der Waals surface area contributed by atoms with Gasteiger partial charge >= 0.3 is 0 Å². The Kier molecular flexibility index (Phi) is 5.07. The standard InChI is InChI=1S/C27H18F2N2O/c28-21-10-6-19(7-11-21)23-14-25-26(15-24(23)20-8-12-22(29)13-9-20)31(27(17-32)30-25)16-18-4-2-1-3-5-18/h1-15,17H,16H2. The normalized spacial score (nSPS) is 11.1. The summed E-state index contributed by atoms with van der Waals surface area (Å²) in [6.07, 6.45) is 0.748. The Morgan fingerprint density at radius 2 is 1.31 bits per heavy atom. The number of aldehydes is 1. The number of hydrogen-bond donors (Lipinski definition) is 0. The van der Waals surface area contributed by atoms with Gasteiger partial charge in [-0.3, -0.25) is 4.79 Å². The zero-order valence-corrected chi connectivity index (χ0v) is 17.0. The van der Waals surface area contributed by atoms with E-state index in [1.165, 1.54) is 24.3 Å². The lowest BCUT2D eigenvalue weighted by atomic mass is 9.94. The van der Waals surface area contributed by atoms with E-state index in [2.05, 4.69) is 4.98 Å². The Morgan fingerprint density at radius 1 is 0.750 bits per heavy atom. The second-order valence-electron chi connectivity index (χ2n) is 7.56. The molecule has 5 rings (SSSR count). The Hall–Kier alpha value is -4.12. The fraction of sp³-hybridized carbons (Fsp3) is 0.0370. The minimum Gasteiger partial charge on any atom is -0.317 e. The first-order chi connectivity index (χ1) is 15.6. The van der Waals surface area contributed by atoms with Crippen LogP contribution in [0.1, 0.15) is 16.2 Å². The van der Waals surface area contributed by atoms with E-state index in [0.717, 1.165) is 39.6 Å². The maximum atomic E-state index is 13.6. The summed E-state index contributed by atoms with van der Waals surface area (Å²) in [7, 11) is 0. The van der Waals surface area contributed by atoms with E-state index < -0.39 is 0 Å². The van der Waals surface area contributed by atoms with Crippen LogP contribution in [0.5, 0.6) is 0 Å². The van der Waals surface area contributed by atoms with Crippen molar-refractivity contribution in [2.24, 2.45) is 0 Å². The summed E-state index contributed by atoms with van der Waals surface area (Å²) in [5, 5.41) is 0. The van der Waals surface area contributed by atoms with Crippen molar-refractivity contribution in [1.29, 1.82) is 0 Å². The molecule has 0 amide bonds. The fourth-order valence-corrected chi connectivity index (χ4v) is 3.95. The zero-order valence-electron chi connectivity index (χ0n) is 17.0. The molecule has 156 valence electrons. The van der Waals surface area contributed by atoms with Crippen molar-refractivity contribution in [2.45, 2.75) is 6.54 Å². The highest BCUT2D eigenvalue weighted by atomic mass is 19.1. The number of carbonyl (C=O) groups is 1. The molecule has 3 nitrogen and oxygen atoms in total. The van der Waals surface area contributed by atoms with Crippen LogP contribution in [0.2, 0.25) is 0 Å². The molecule has 4 aromatic carbocycles. The van der Waals surface area contributed by atoms with Gasteiger partial charge in [0.2, 0.25) is 0 Å². The second kappa shape index (κ2) is 8.19. The molecule has 1 heterocycles. The SMILES string of the molecule is O=Cc1nc2cc(-c3ccc(F)cc3)c(-c3ccc(F)cc3)cc2n1Cc1ccccc1. The number of imidazole rings is 1. The van der Waals surface area contributed by atoms with Gasteiger partial charge in [-0.15, -0.1) is 0 Å². The number of carbonyl (C=O) groups excluding carboxylic acids is 1. The van der Waals surface area contributed by atoms with Crippen molar-refractivity contribution in [3.63, 3.8) is 0 Å². The van der Waals surface area contributed by atoms with Crippen LogP contribution < -0.4 is 0 Å². The molecule has 0 saturated carbocycles. The number of rotatable bonds is 5. The van der Waals surface area contributed by atoms with Crippen molar-refractivity contribution in [1.82, 2.24) is 9.55 Å². The number of hydrogen-bond acceptors (Lipinski definition) is 2. The molecular formula is C27H18F2N2O. The largest absolute Gasteiger partial charge is 0.317 e. The maximum Gasteiger partial charge on any atom is 0.185 e. The van der Waals surface area contributed by atoms with Crippen LogP contribution in [0, 0.1) is 11.6 Å². The van der Waals surface area contributed by atoms with E-state index in [1.54, 1.807) is 24.3 Å². The van der Waals surface area contributed by atoms with Gasteiger partial charge in [0.25, 0.3) is 0 Å². The van der Waals surface area contributed by atoms with E-state index in [1.807, 2.05) is 47.0 Å². The van der Waals surface area contributed by atoms with Crippen LogP contribution in [-0.2, 0) is 6.54 Å². The minimum atomic E-state index is -0.325. The maximum absolute atomic E-state index is 13.6. The van der Waals surface area contributed by atoms with Crippen molar-refractivity contribution in [2.75, 3.05) is 0 Å². The third-order valence-electron chi connectivity index (χ3n) is 5.52. The van der Waals surface area contributed by atoms with Gasteiger partial charge in [-0.2, -0.15) is 0 Å². The van der Waals surface area contributed by atoms with Gasteiger partial charge in [0.1, 0.15) is 11.6 Å². The third kappa shape index (κ3) is 3.69. The van der Waals surface area contributed by atoms with Gasteiger partial charge in [-0.05, 0) is 64.2 Å². The number of benzene rings is 4. The molecular weight excluding hydrogens is 406 g/mol. The Balaban J connectivity index is 1.76. The van der Waals surface area contributed by atoms with E-state index in [4.69, 9.17) is 0 Å². The average molecular weight is 424 g/mol. The van der Waals surface area contributed by atoms with E-state index in [0.29, 0.717) is 17.9 Å². The van der Waals surface area contributed by atoms with Crippen molar-refractivity contribution in [3.8, 4) is 22.3 Å². The molecule has 0 N–H and O–H groups in total. The molecule has 0 atom stereocenters. The number of aromatic nitrogens is 2. The molecule has 32 heavy (non-hydrogen) atoms. The van der Waals surface area contributed by atoms with Crippen LogP contribution in [0.4, 0.5) is 8.78 Å². The summed E-state index contributed by atoms with van der Waals surface area (Å²) >= 11 is 0. The molecule has 0 saturated heterocycles. The molecule has 0 bridgehead atoms. The lowest BCUT2D eigenvalue weighted by Crippen LogP contribution is -2.04. The Bertz CT molecular complexity index is 1410. The van der Waals surface area contributed by atoms with E-state index in [9.17, 15) is 13.6 Å². The van der Waals surface area contributed by atoms with Gasteiger partial charge in [-0.1, -0.05) is 54.6 Å². The lowest BCUT2D eigenvalue weighted by molar-refractivity contribution is 0.111. The number of nitrogens with zero attached hydrogens (tertiary/aromatic N) is 2. The predicted molar refractivity (Wildman–Crippen MR) is 121 cm³/mol. The summed E-state index contributed by atoms with van der Waals surface area (Å²) in [5.74, 6) is -0.325. The lowest BCUT2D eigenvalue weighted by Gasteiger charge is -2.13. The van der Waals surface area contributed by atoms with Crippen molar-refractivity contribution >= 4 is 17.3 Å². The smallest absolute Gasteiger partial charge is 0.185 e.